The second-order valence-electron chi connectivity index (χ2n) is 14.0. The molecule has 14 nitrogen and oxygen atoms in total. The molecule has 3 fully saturated rings. The van der Waals surface area contributed by atoms with Crippen molar-refractivity contribution in [2.45, 2.75) is 83.2 Å². The Bertz CT molecular complexity index is 1660. The Hall–Kier alpha value is -3.95. The number of carbonyl (C=O) groups excluding carboxylic acids is 2. The molecule has 5 heterocycles. The minimum atomic E-state index is -4.02. The Kier molecular flexibility index (Phi) is 12.2. The van der Waals surface area contributed by atoms with Gasteiger partial charge in [-0.3, -0.25) is 14.1 Å². The van der Waals surface area contributed by atoms with Crippen molar-refractivity contribution in [3.63, 3.8) is 0 Å². The summed E-state index contributed by atoms with van der Waals surface area (Å²) in [7, 11) is -4.02. The highest BCUT2D eigenvalue weighted by Crippen LogP contribution is 2.29. The van der Waals surface area contributed by atoms with E-state index < -0.39 is 10.1 Å². The molecule has 4 aliphatic rings. The van der Waals surface area contributed by atoms with Crippen LogP contribution in [0.3, 0.4) is 0 Å². The van der Waals surface area contributed by atoms with Crippen molar-refractivity contribution in [2.24, 2.45) is 33.5 Å². The molecule has 4 aliphatic heterocycles. The molecule has 3 saturated heterocycles. The van der Waals surface area contributed by atoms with Gasteiger partial charge in [0.2, 0.25) is 11.9 Å². The highest BCUT2D eigenvalue weighted by molar-refractivity contribution is 7.85. The van der Waals surface area contributed by atoms with E-state index in [0.717, 1.165) is 57.3 Å². The van der Waals surface area contributed by atoms with Crippen LogP contribution < -0.4 is 15.4 Å². The van der Waals surface area contributed by atoms with Crippen molar-refractivity contribution in [1.82, 2.24) is 19.8 Å². The molecule has 0 saturated carbocycles. The van der Waals surface area contributed by atoms with E-state index in [0.29, 0.717) is 61.3 Å². The summed E-state index contributed by atoms with van der Waals surface area (Å²) in [6.07, 6.45) is 9.09. The lowest BCUT2D eigenvalue weighted by molar-refractivity contribution is -0.135. The third-order valence-corrected chi connectivity index (χ3v) is 10.8. The second kappa shape index (κ2) is 16.4. The molecule has 0 bridgehead atoms. The van der Waals surface area contributed by atoms with Crippen molar-refractivity contribution >= 4 is 39.6 Å². The number of aliphatic imine (C=N–C) groups is 2. The standard InChI is InChI=1S/C28H42N8O3.C7H8O3S/c1-18(2)25-32-26(27(38)33-25)34-11-7-20(8-12-34)19(3)9-13-39-21-14-30-28(31-15-21)35-16-22(29)23(17-35)36-10-5-4-6-24(36)37;1-6-2-4-7(5-3-6)11(8,9)10/h14-15,18-20,22-23H,4-13,16-17,29H2,1-3H3;2-5H,1H3,(H,8,9,10)/t19-,22+,23+;/m1./s1. The number of ether oxygens (including phenoxy) is 1. The number of benzene rings is 1. The van der Waals surface area contributed by atoms with Gasteiger partial charge in [0.15, 0.2) is 11.6 Å². The average molecular weight is 711 g/mol. The summed E-state index contributed by atoms with van der Waals surface area (Å²) in [5.74, 6) is 3.71. The zero-order valence-electron chi connectivity index (χ0n) is 29.4. The lowest BCUT2D eigenvalue weighted by atomic mass is 9.83. The lowest BCUT2D eigenvalue weighted by Crippen LogP contribution is -2.51. The van der Waals surface area contributed by atoms with Gasteiger partial charge in [-0.2, -0.15) is 13.4 Å². The van der Waals surface area contributed by atoms with Crippen LogP contribution in [0.1, 0.15) is 64.9 Å². The number of amidine groups is 2. The molecule has 15 heteroatoms. The van der Waals surface area contributed by atoms with Crippen LogP contribution >= 0.6 is 0 Å². The van der Waals surface area contributed by atoms with E-state index in [2.05, 4.69) is 36.7 Å². The highest BCUT2D eigenvalue weighted by Gasteiger charge is 2.38. The van der Waals surface area contributed by atoms with E-state index in [1.807, 2.05) is 25.7 Å². The molecule has 3 N–H and O–H groups in total. The maximum atomic E-state index is 12.4. The Labute approximate surface area is 295 Å². The number of carbonyl (C=O) groups is 2. The Morgan fingerprint density at radius 3 is 2.24 bits per heavy atom. The largest absolute Gasteiger partial charge is 0.490 e. The predicted octanol–water partition coefficient (Wildman–Crippen LogP) is 3.36. The van der Waals surface area contributed by atoms with Crippen LogP contribution in [0, 0.1) is 24.7 Å². The molecule has 0 radical (unpaired) electrons. The number of likely N-dealkylation sites (tertiary alicyclic amines) is 2. The first kappa shape index (κ1) is 37.3. The maximum absolute atomic E-state index is 12.4. The fourth-order valence-electron chi connectivity index (χ4n) is 6.82. The second-order valence-corrected chi connectivity index (χ2v) is 15.4. The summed E-state index contributed by atoms with van der Waals surface area (Å²) in [5, 5.41) is 0. The SMILES string of the molecule is CC(C)C1=NC(=O)C(N2CCC([C@H](C)CCOc3cnc(N4C[C@H](N)[C@@H](N5CCCCC5=O)C4)nc3)CC2)=N1.Cc1ccc(S(=O)(=O)O)cc1. The van der Waals surface area contributed by atoms with E-state index in [1.54, 1.807) is 24.5 Å². The van der Waals surface area contributed by atoms with E-state index in [4.69, 9.17) is 15.0 Å². The first-order valence-electron chi connectivity index (χ1n) is 17.6. The Morgan fingerprint density at radius 2 is 1.64 bits per heavy atom. The summed E-state index contributed by atoms with van der Waals surface area (Å²) < 4.78 is 35.5. The summed E-state index contributed by atoms with van der Waals surface area (Å²) in [5.41, 5.74) is 7.36. The molecule has 50 heavy (non-hydrogen) atoms. The average Bonchev–Trinajstić information content (AvgIpc) is 3.68. The van der Waals surface area contributed by atoms with Crippen molar-refractivity contribution in [3.8, 4) is 5.75 Å². The van der Waals surface area contributed by atoms with Crippen LogP contribution in [0.4, 0.5) is 5.95 Å². The molecular weight excluding hydrogens is 661 g/mol. The molecule has 0 spiro atoms. The molecule has 2 amide bonds. The van der Waals surface area contributed by atoms with Gasteiger partial charge in [-0.05, 0) is 63.0 Å². The topological polar surface area (TPSA) is 184 Å². The van der Waals surface area contributed by atoms with Gasteiger partial charge in [-0.1, -0.05) is 38.5 Å². The zero-order chi connectivity index (χ0) is 36.0. The summed E-state index contributed by atoms with van der Waals surface area (Å²) in [6, 6.07) is 5.90. The summed E-state index contributed by atoms with van der Waals surface area (Å²) in [6.45, 7) is 12.5. The number of amides is 2. The van der Waals surface area contributed by atoms with Gasteiger partial charge in [-0.25, -0.2) is 15.0 Å². The van der Waals surface area contributed by atoms with Gasteiger partial charge in [0.05, 0.1) is 29.9 Å². The smallest absolute Gasteiger partial charge is 0.314 e. The summed E-state index contributed by atoms with van der Waals surface area (Å²) >= 11 is 0. The predicted molar refractivity (Wildman–Crippen MR) is 191 cm³/mol. The van der Waals surface area contributed by atoms with E-state index in [-0.39, 0.29) is 34.7 Å². The molecular formula is C35H50N8O6S. The number of hydrogen-bond donors (Lipinski definition) is 2. The third kappa shape index (κ3) is 9.43. The van der Waals surface area contributed by atoms with Crippen LogP contribution in [0.5, 0.6) is 5.75 Å². The molecule has 0 unspecified atom stereocenters. The molecule has 272 valence electrons. The van der Waals surface area contributed by atoms with Crippen LogP contribution in [0.15, 0.2) is 51.5 Å². The van der Waals surface area contributed by atoms with Crippen LogP contribution in [0.25, 0.3) is 0 Å². The zero-order valence-corrected chi connectivity index (χ0v) is 30.3. The van der Waals surface area contributed by atoms with Crippen LogP contribution in [-0.2, 0) is 19.7 Å². The van der Waals surface area contributed by atoms with Crippen LogP contribution in [-0.4, -0.2) is 108 Å². The number of nitrogens with two attached hydrogens (primary N) is 1. The number of hydrogen-bond acceptors (Lipinski definition) is 11. The number of aryl methyl sites for hydroxylation is 1. The number of nitrogens with zero attached hydrogens (tertiary/aromatic N) is 7. The van der Waals surface area contributed by atoms with Gasteiger partial charge in [0.1, 0.15) is 5.84 Å². The molecule has 1 aromatic heterocycles. The van der Waals surface area contributed by atoms with E-state index >= 15 is 0 Å². The highest BCUT2D eigenvalue weighted by atomic mass is 32.2. The van der Waals surface area contributed by atoms with E-state index in [9.17, 15) is 18.0 Å². The molecule has 3 atom stereocenters. The Balaban J connectivity index is 0.000000377. The summed E-state index contributed by atoms with van der Waals surface area (Å²) in [4.78, 5) is 48.3. The monoisotopic (exact) mass is 710 g/mol. The normalized spacial score (nSPS) is 22.3. The van der Waals surface area contributed by atoms with Crippen molar-refractivity contribution in [1.29, 1.82) is 0 Å². The minimum Gasteiger partial charge on any atom is -0.490 e. The van der Waals surface area contributed by atoms with Crippen molar-refractivity contribution in [2.75, 3.05) is 44.2 Å². The van der Waals surface area contributed by atoms with Gasteiger partial charge < -0.3 is 25.2 Å². The Morgan fingerprint density at radius 1 is 0.960 bits per heavy atom. The van der Waals surface area contributed by atoms with Crippen molar-refractivity contribution < 1.29 is 27.3 Å². The minimum absolute atomic E-state index is 0.0168. The van der Waals surface area contributed by atoms with Gasteiger partial charge in [-0.15, -0.1) is 0 Å². The lowest BCUT2D eigenvalue weighted by Gasteiger charge is -2.35. The first-order chi connectivity index (χ1) is 23.8. The molecule has 1 aromatic carbocycles. The van der Waals surface area contributed by atoms with Gasteiger partial charge >= 0.3 is 5.91 Å². The fraction of sp³-hybridized carbons (Fsp3) is 0.600. The number of rotatable bonds is 9. The van der Waals surface area contributed by atoms with Crippen LogP contribution in [0.2, 0.25) is 0 Å². The molecule has 0 aliphatic carbocycles. The first-order valence-corrected chi connectivity index (χ1v) is 19.0. The quantitative estimate of drug-likeness (QED) is 0.364. The molecule has 6 rings (SSSR count). The maximum Gasteiger partial charge on any atom is 0.314 e. The number of anilines is 1. The third-order valence-electron chi connectivity index (χ3n) is 9.94. The van der Waals surface area contributed by atoms with Gasteiger partial charge in [0, 0.05) is 51.1 Å². The number of piperidine rings is 2. The van der Waals surface area contributed by atoms with Gasteiger partial charge in [0.25, 0.3) is 10.1 Å². The fourth-order valence-corrected chi connectivity index (χ4v) is 7.30. The van der Waals surface area contributed by atoms with E-state index in [1.165, 1.54) is 12.1 Å². The van der Waals surface area contributed by atoms with Crippen molar-refractivity contribution in [3.05, 3.63) is 42.2 Å². The molecule has 2 aromatic rings. The number of aromatic nitrogens is 2.